The molecule has 0 aliphatic carbocycles. The lowest BCUT2D eigenvalue weighted by Crippen LogP contribution is -2.10. The highest BCUT2D eigenvalue weighted by Crippen LogP contribution is 2.30. The van der Waals surface area contributed by atoms with Gasteiger partial charge in [-0.15, -0.1) is 0 Å². The first-order chi connectivity index (χ1) is 15.3. The predicted octanol–water partition coefficient (Wildman–Crippen LogP) is 7.08. The van der Waals surface area contributed by atoms with Gasteiger partial charge in [-0.05, 0) is 66.7 Å². The van der Waals surface area contributed by atoms with E-state index in [-0.39, 0.29) is 27.9 Å². The Balaban J connectivity index is 1.66. The van der Waals surface area contributed by atoms with Crippen LogP contribution in [0.5, 0.6) is 5.75 Å². The van der Waals surface area contributed by atoms with Gasteiger partial charge in [0.05, 0.1) is 10.6 Å². The second kappa shape index (κ2) is 9.58. The minimum absolute atomic E-state index is 0.0721. The van der Waals surface area contributed by atoms with E-state index in [0.29, 0.717) is 16.1 Å². The molecule has 160 valence electrons. The number of ether oxygens (including phenoxy) is 2. The van der Waals surface area contributed by atoms with Gasteiger partial charge in [0.15, 0.2) is 5.70 Å². The molecule has 3 aromatic carbocycles. The lowest BCUT2D eigenvalue weighted by Gasteiger charge is -2.09. The molecule has 0 atom stereocenters. The van der Waals surface area contributed by atoms with Crippen LogP contribution in [0.15, 0.2) is 80.3 Å². The van der Waals surface area contributed by atoms with E-state index in [2.05, 4.69) is 36.9 Å². The van der Waals surface area contributed by atoms with Crippen molar-refractivity contribution in [2.24, 2.45) is 4.99 Å². The summed E-state index contributed by atoms with van der Waals surface area (Å²) in [6.45, 7) is 0. The summed E-state index contributed by atoms with van der Waals surface area (Å²) >= 11 is 18.7. The van der Waals surface area contributed by atoms with E-state index in [4.69, 9.17) is 32.7 Å². The third kappa shape index (κ3) is 5.13. The van der Waals surface area contributed by atoms with Gasteiger partial charge < -0.3 is 9.47 Å². The number of halogens is 4. The Kier molecular flexibility index (Phi) is 6.81. The Morgan fingerprint density at radius 1 is 0.969 bits per heavy atom. The molecule has 0 bridgehead atoms. The first-order valence-corrected chi connectivity index (χ1v) is 11.4. The van der Waals surface area contributed by atoms with E-state index in [1.54, 1.807) is 36.4 Å². The molecule has 0 unspecified atom stereocenters. The average Bonchev–Trinajstić information content (AvgIpc) is 3.10. The van der Waals surface area contributed by atoms with Crippen LogP contribution in [0.2, 0.25) is 10.0 Å². The maximum absolute atomic E-state index is 12.6. The van der Waals surface area contributed by atoms with Gasteiger partial charge in [0.25, 0.3) is 0 Å². The molecule has 1 aliphatic heterocycles. The molecule has 0 radical (unpaired) electrons. The lowest BCUT2D eigenvalue weighted by atomic mass is 10.1. The summed E-state index contributed by atoms with van der Waals surface area (Å²) in [7, 11) is 0. The highest BCUT2D eigenvalue weighted by atomic mass is 79.9. The van der Waals surface area contributed by atoms with Gasteiger partial charge >= 0.3 is 11.9 Å². The van der Waals surface area contributed by atoms with Gasteiger partial charge in [0.2, 0.25) is 5.90 Å². The normalized spacial score (nSPS) is 14.3. The van der Waals surface area contributed by atoms with E-state index in [1.165, 1.54) is 18.2 Å². The van der Waals surface area contributed by atoms with Crippen molar-refractivity contribution >= 4 is 79.0 Å². The zero-order valence-electron chi connectivity index (χ0n) is 15.9. The SMILES string of the molecule is O=C1OC(c2ccc(Br)cc2)=N/C1=C/c1cc(Br)ccc1OC(=O)c1ccc(Cl)cc1Cl. The van der Waals surface area contributed by atoms with Crippen LogP contribution in [0.25, 0.3) is 6.08 Å². The zero-order valence-corrected chi connectivity index (χ0v) is 20.6. The summed E-state index contributed by atoms with van der Waals surface area (Å²) in [5.74, 6) is -0.866. The first-order valence-electron chi connectivity index (χ1n) is 9.05. The Bertz CT molecular complexity index is 1300. The molecule has 1 aliphatic rings. The van der Waals surface area contributed by atoms with E-state index in [0.717, 1.165) is 8.95 Å². The van der Waals surface area contributed by atoms with Crippen molar-refractivity contribution in [3.8, 4) is 5.75 Å². The highest BCUT2D eigenvalue weighted by molar-refractivity contribution is 9.10. The van der Waals surface area contributed by atoms with Crippen LogP contribution in [-0.2, 0) is 9.53 Å². The molecular weight excluding hydrogens is 585 g/mol. The van der Waals surface area contributed by atoms with Crippen molar-refractivity contribution < 1.29 is 19.1 Å². The third-order valence-corrected chi connectivity index (χ3v) is 5.90. The van der Waals surface area contributed by atoms with Gasteiger partial charge in [0.1, 0.15) is 5.75 Å². The van der Waals surface area contributed by atoms with Crippen LogP contribution >= 0.6 is 55.1 Å². The molecule has 4 rings (SSSR count). The van der Waals surface area contributed by atoms with Crippen molar-refractivity contribution in [2.45, 2.75) is 0 Å². The van der Waals surface area contributed by atoms with Crippen LogP contribution < -0.4 is 4.74 Å². The molecule has 5 nitrogen and oxygen atoms in total. The summed E-state index contributed by atoms with van der Waals surface area (Å²) in [4.78, 5) is 29.3. The number of rotatable bonds is 4. The molecule has 0 spiro atoms. The molecule has 0 saturated heterocycles. The Hall–Kier alpha value is -2.45. The fraction of sp³-hybridized carbons (Fsp3) is 0. The fourth-order valence-electron chi connectivity index (χ4n) is 2.81. The number of cyclic esters (lactones) is 1. The minimum Gasteiger partial charge on any atom is -0.422 e. The quantitative estimate of drug-likeness (QED) is 0.184. The minimum atomic E-state index is -0.665. The van der Waals surface area contributed by atoms with Crippen molar-refractivity contribution in [2.75, 3.05) is 0 Å². The monoisotopic (exact) mass is 593 g/mol. The largest absolute Gasteiger partial charge is 0.422 e. The smallest absolute Gasteiger partial charge is 0.363 e. The summed E-state index contributed by atoms with van der Waals surface area (Å²) in [5, 5.41) is 0.572. The van der Waals surface area contributed by atoms with E-state index in [1.807, 2.05) is 12.1 Å². The van der Waals surface area contributed by atoms with Crippen LogP contribution in [0, 0.1) is 0 Å². The number of nitrogens with zero attached hydrogens (tertiary/aromatic N) is 1. The molecule has 0 N–H and O–H groups in total. The Labute approximate surface area is 209 Å². The van der Waals surface area contributed by atoms with Gasteiger partial charge in [-0.25, -0.2) is 14.6 Å². The molecule has 1 heterocycles. The van der Waals surface area contributed by atoms with Crippen LogP contribution in [-0.4, -0.2) is 17.8 Å². The number of hydrogen-bond acceptors (Lipinski definition) is 5. The number of carbonyl (C=O) groups excluding carboxylic acids is 2. The molecule has 9 heteroatoms. The van der Waals surface area contributed by atoms with Crippen LogP contribution in [0.1, 0.15) is 21.5 Å². The predicted molar refractivity (Wildman–Crippen MR) is 130 cm³/mol. The molecule has 3 aromatic rings. The van der Waals surface area contributed by atoms with Crippen molar-refractivity contribution in [1.29, 1.82) is 0 Å². The number of carbonyl (C=O) groups is 2. The van der Waals surface area contributed by atoms with Crippen LogP contribution in [0.3, 0.4) is 0 Å². The lowest BCUT2D eigenvalue weighted by molar-refractivity contribution is -0.129. The first kappa shape index (κ1) is 22.7. The molecule has 0 amide bonds. The molecular formula is C23H11Br2Cl2NO4. The molecule has 32 heavy (non-hydrogen) atoms. The topological polar surface area (TPSA) is 65.0 Å². The average molecular weight is 596 g/mol. The third-order valence-electron chi connectivity index (χ3n) is 4.33. The van der Waals surface area contributed by atoms with Crippen LogP contribution in [0.4, 0.5) is 0 Å². The molecule has 0 aromatic heterocycles. The standard InChI is InChI=1S/C23H11Br2Cl2NO4/c24-14-3-1-12(2-4-14)21-28-19(23(30)32-21)10-13-9-15(25)5-8-20(13)31-22(29)17-7-6-16(26)11-18(17)27/h1-11H/b19-10+. The Morgan fingerprint density at radius 2 is 1.69 bits per heavy atom. The molecule has 0 saturated carbocycles. The number of esters is 2. The van der Waals surface area contributed by atoms with Gasteiger partial charge in [-0.1, -0.05) is 55.1 Å². The van der Waals surface area contributed by atoms with Gasteiger partial charge in [-0.3, -0.25) is 0 Å². The molecule has 0 fully saturated rings. The zero-order chi connectivity index (χ0) is 22.8. The second-order valence-corrected chi connectivity index (χ2v) is 9.21. The maximum Gasteiger partial charge on any atom is 0.363 e. The number of benzene rings is 3. The van der Waals surface area contributed by atoms with Crippen molar-refractivity contribution in [3.63, 3.8) is 0 Å². The van der Waals surface area contributed by atoms with Crippen molar-refractivity contribution in [1.82, 2.24) is 0 Å². The number of hydrogen-bond donors (Lipinski definition) is 0. The number of aliphatic imine (C=N–C) groups is 1. The van der Waals surface area contributed by atoms with E-state index in [9.17, 15) is 9.59 Å². The Morgan fingerprint density at radius 3 is 2.41 bits per heavy atom. The van der Waals surface area contributed by atoms with Crippen molar-refractivity contribution in [3.05, 3.63) is 102 Å². The summed E-state index contributed by atoms with van der Waals surface area (Å²) in [6.07, 6.45) is 1.49. The second-order valence-electron chi connectivity index (χ2n) is 6.54. The summed E-state index contributed by atoms with van der Waals surface area (Å²) in [6, 6.07) is 16.7. The van der Waals surface area contributed by atoms with E-state index < -0.39 is 11.9 Å². The summed E-state index contributed by atoms with van der Waals surface area (Å²) in [5.41, 5.74) is 1.34. The highest BCUT2D eigenvalue weighted by Gasteiger charge is 2.25. The van der Waals surface area contributed by atoms with Gasteiger partial charge in [-0.2, -0.15) is 0 Å². The fourth-order valence-corrected chi connectivity index (χ4v) is 3.94. The maximum atomic E-state index is 12.6. The van der Waals surface area contributed by atoms with E-state index >= 15 is 0 Å². The van der Waals surface area contributed by atoms with Gasteiger partial charge in [0, 0.05) is 25.1 Å². The summed E-state index contributed by atoms with van der Waals surface area (Å²) < 4.78 is 12.4.